The van der Waals surface area contributed by atoms with Crippen LogP contribution in [0.25, 0.3) is 0 Å². The Balaban J connectivity index is 1.27. The van der Waals surface area contributed by atoms with E-state index in [1.165, 1.54) is 0 Å². The number of carbonyl (C=O) groups is 1. The molecule has 0 saturated heterocycles. The zero-order valence-electron chi connectivity index (χ0n) is 15.7. The molecule has 2 heterocycles. The van der Waals surface area contributed by atoms with Gasteiger partial charge in [0, 0.05) is 6.20 Å². The fourth-order valence-corrected chi connectivity index (χ4v) is 3.65. The summed E-state index contributed by atoms with van der Waals surface area (Å²) in [6.07, 6.45) is 4.08. The quantitative estimate of drug-likeness (QED) is 0.695. The monoisotopic (exact) mass is 388 g/mol. The van der Waals surface area contributed by atoms with Crippen molar-refractivity contribution in [3.8, 4) is 17.2 Å². The fraction of sp³-hybridized carbons (Fsp3) is 0.217. The van der Waals surface area contributed by atoms with E-state index in [9.17, 15) is 9.90 Å². The molecule has 2 aromatic carbocycles. The van der Waals surface area contributed by atoms with Crippen LogP contribution in [0.2, 0.25) is 0 Å². The average Bonchev–Trinajstić information content (AvgIpc) is 3.42. The van der Waals surface area contributed by atoms with E-state index in [0.717, 1.165) is 35.3 Å². The molecule has 0 spiro atoms. The normalized spacial score (nSPS) is 15.7. The number of nitrogens with one attached hydrogen (secondary N) is 1. The first-order valence-electron chi connectivity index (χ1n) is 9.57. The summed E-state index contributed by atoms with van der Waals surface area (Å²) in [5.41, 5.74) is 2.54. The zero-order valence-corrected chi connectivity index (χ0v) is 15.7. The number of nitrogens with zero attached hydrogens (tertiary/aromatic N) is 1. The molecule has 1 saturated carbocycles. The van der Waals surface area contributed by atoms with E-state index < -0.39 is 5.41 Å². The smallest absolute Gasteiger partial charge is 0.236 e. The third-order valence-electron chi connectivity index (χ3n) is 5.52. The number of hydrogen-bond acceptors (Lipinski definition) is 5. The molecule has 1 amide bonds. The van der Waals surface area contributed by atoms with Crippen molar-refractivity contribution in [2.75, 3.05) is 12.1 Å². The Hall–Kier alpha value is -3.54. The molecule has 2 N–H and O–H groups in total. The van der Waals surface area contributed by atoms with E-state index in [0.29, 0.717) is 18.0 Å². The number of ether oxygens (including phenoxy) is 2. The third kappa shape index (κ3) is 3.38. The Kier molecular flexibility index (Phi) is 4.12. The number of carbonyl (C=O) groups excluding carboxylic acids is 1. The second-order valence-corrected chi connectivity index (χ2v) is 7.50. The molecular formula is C23H20N2O4. The van der Waals surface area contributed by atoms with E-state index in [1.54, 1.807) is 18.3 Å². The van der Waals surface area contributed by atoms with Gasteiger partial charge in [0.1, 0.15) is 11.6 Å². The molecule has 146 valence electrons. The number of aromatic nitrogens is 1. The highest BCUT2D eigenvalue weighted by atomic mass is 16.7. The van der Waals surface area contributed by atoms with Crippen LogP contribution in [0, 0.1) is 0 Å². The number of benzene rings is 2. The standard InChI is InChI=1S/C23H20N2O4/c26-18-5-1-15(2-6-18)11-16-3-8-21(24-13-16)25-22(27)23(9-10-23)17-4-7-19-20(12-17)29-14-28-19/h1-8,12-13,26H,9-11,14H2,(H,24,25,27). The number of anilines is 1. The molecule has 1 aliphatic heterocycles. The van der Waals surface area contributed by atoms with Gasteiger partial charge < -0.3 is 19.9 Å². The number of hydrogen-bond donors (Lipinski definition) is 2. The lowest BCUT2D eigenvalue weighted by molar-refractivity contribution is -0.118. The second-order valence-electron chi connectivity index (χ2n) is 7.50. The minimum atomic E-state index is -0.520. The van der Waals surface area contributed by atoms with Crippen LogP contribution < -0.4 is 14.8 Å². The van der Waals surface area contributed by atoms with Gasteiger partial charge in [0.2, 0.25) is 12.7 Å². The molecular weight excluding hydrogens is 368 g/mol. The lowest BCUT2D eigenvalue weighted by atomic mass is 9.94. The summed E-state index contributed by atoms with van der Waals surface area (Å²) in [5.74, 6) is 2.15. The number of rotatable bonds is 5. The molecule has 29 heavy (non-hydrogen) atoms. The molecule has 0 atom stereocenters. The van der Waals surface area contributed by atoms with Crippen molar-refractivity contribution in [3.63, 3.8) is 0 Å². The van der Waals surface area contributed by atoms with Crippen LogP contribution in [-0.2, 0) is 16.6 Å². The minimum absolute atomic E-state index is 0.0462. The number of phenolic OH excluding ortho intramolecular Hbond substituents is 1. The van der Waals surface area contributed by atoms with Crippen LogP contribution >= 0.6 is 0 Å². The number of amides is 1. The van der Waals surface area contributed by atoms with E-state index in [2.05, 4.69) is 10.3 Å². The number of aromatic hydroxyl groups is 1. The maximum Gasteiger partial charge on any atom is 0.236 e. The van der Waals surface area contributed by atoms with Crippen LogP contribution in [0.1, 0.15) is 29.5 Å². The van der Waals surface area contributed by atoms with Crippen molar-refractivity contribution < 1.29 is 19.4 Å². The summed E-state index contributed by atoms with van der Waals surface area (Å²) in [7, 11) is 0. The van der Waals surface area contributed by atoms with Gasteiger partial charge in [0.25, 0.3) is 0 Å². The number of phenols is 1. The van der Waals surface area contributed by atoms with Gasteiger partial charge in [-0.25, -0.2) is 4.98 Å². The lowest BCUT2D eigenvalue weighted by Gasteiger charge is -2.16. The molecule has 1 fully saturated rings. The Morgan fingerprint density at radius 3 is 2.48 bits per heavy atom. The van der Waals surface area contributed by atoms with Crippen molar-refractivity contribution in [2.24, 2.45) is 0 Å². The summed E-state index contributed by atoms with van der Waals surface area (Å²) in [5, 5.41) is 12.3. The fourth-order valence-electron chi connectivity index (χ4n) is 3.65. The molecule has 0 bridgehead atoms. The summed E-state index contributed by atoms with van der Waals surface area (Å²) < 4.78 is 10.8. The predicted octanol–water partition coefficient (Wildman–Crippen LogP) is 3.78. The maximum absolute atomic E-state index is 13.0. The molecule has 6 heteroatoms. The number of fused-ring (bicyclic) bond motifs is 1. The first-order chi connectivity index (χ1) is 14.1. The van der Waals surface area contributed by atoms with Crippen LogP contribution in [-0.4, -0.2) is 22.8 Å². The molecule has 1 aromatic heterocycles. The highest BCUT2D eigenvalue weighted by molar-refractivity contribution is 6.01. The van der Waals surface area contributed by atoms with Crippen LogP contribution in [0.5, 0.6) is 17.2 Å². The van der Waals surface area contributed by atoms with Gasteiger partial charge in [-0.2, -0.15) is 0 Å². The zero-order chi connectivity index (χ0) is 19.8. The highest BCUT2D eigenvalue weighted by Crippen LogP contribution is 2.51. The molecule has 0 radical (unpaired) electrons. The Morgan fingerprint density at radius 1 is 1.00 bits per heavy atom. The van der Waals surface area contributed by atoms with E-state index in [4.69, 9.17) is 9.47 Å². The second kappa shape index (κ2) is 6.81. The van der Waals surface area contributed by atoms with Gasteiger partial charge in [-0.15, -0.1) is 0 Å². The molecule has 2 aliphatic rings. The summed E-state index contributed by atoms with van der Waals surface area (Å²) >= 11 is 0. The van der Waals surface area contributed by atoms with Gasteiger partial charge in [-0.1, -0.05) is 24.3 Å². The van der Waals surface area contributed by atoms with E-state index in [-0.39, 0.29) is 18.4 Å². The Labute approximate surface area is 168 Å². The topological polar surface area (TPSA) is 80.7 Å². The van der Waals surface area contributed by atoms with Crippen molar-refractivity contribution in [2.45, 2.75) is 24.7 Å². The first-order valence-corrected chi connectivity index (χ1v) is 9.57. The highest BCUT2D eigenvalue weighted by Gasteiger charge is 2.51. The van der Waals surface area contributed by atoms with Gasteiger partial charge in [0.15, 0.2) is 11.5 Å². The average molecular weight is 388 g/mol. The number of pyridine rings is 1. The molecule has 0 unspecified atom stereocenters. The SMILES string of the molecule is O=C(Nc1ccc(Cc2ccc(O)cc2)cn1)C1(c2ccc3c(c2)OCO3)CC1. The molecule has 6 nitrogen and oxygen atoms in total. The van der Waals surface area contributed by atoms with Gasteiger partial charge in [-0.05, 0) is 66.3 Å². The Morgan fingerprint density at radius 2 is 1.76 bits per heavy atom. The molecule has 1 aliphatic carbocycles. The third-order valence-corrected chi connectivity index (χ3v) is 5.52. The Bertz CT molecular complexity index is 1060. The molecule has 5 rings (SSSR count). The van der Waals surface area contributed by atoms with Crippen LogP contribution in [0.3, 0.4) is 0 Å². The van der Waals surface area contributed by atoms with Crippen molar-refractivity contribution in [1.29, 1.82) is 0 Å². The van der Waals surface area contributed by atoms with Gasteiger partial charge in [0.05, 0.1) is 5.41 Å². The van der Waals surface area contributed by atoms with E-state index >= 15 is 0 Å². The first kappa shape index (κ1) is 17.6. The van der Waals surface area contributed by atoms with Crippen molar-refractivity contribution in [3.05, 3.63) is 77.5 Å². The largest absolute Gasteiger partial charge is 0.508 e. The summed E-state index contributed by atoms with van der Waals surface area (Å²) in [6, 6.07) is 16.6. The maximum atomic E-state index is 13.0. The van der Waals surface area contributed by atoms with Gasteiger partial charge in [-0.3, -0.25) is 4.79 Å². The van der Waals surface area contributed by atoms with Crippen LogP contribution in [0.15, 0.2) is 60.8 Å². The van der Waals surface area contributed by atoms with Crippen LogP contribution in [0.4, 0.5) is 5.82 Å². The van der Waals surface area contributed by atoms with Crippen molar-refractivity contribution >= 4 is 11.7 Å². The minimum Gasteiger partial charge on any atom is -0.508 e. The van der Waals surface area contributed by atoms with E-state index in [1.807, 2.05) is 42.5 Å². The lowest BCUT2D eigenvalue weighted by Crippen LogP contribution is -2.28. The molecule has 3 aromatic rings. The van der Waals surface area contributed by atoms with Crippen molar-refractivity contribution in [1.82, 2.24) is 4.98 Å². The van der Waals surface area contributed by atoms with Gasteiger partial charge >= 0.3 is 0 Å². The summed E-state index contributed by atoms with van der Waals surface area (Å²) in [4.78, 5) is 17.4. The predicted molar refractivity (Wildman–Crippen MR) is 107 cm³/mol. The summed E-state index contributed by atoms with van der Waals surface area (Å²) in [6.45, 7) is 0.221.